The van der Waals surface area contributed by atoms with Crippen LogP contribution in [0.15, 0.2) is 48.5 Å². The maximum absolute atomic E-state index is 11.3. The largest absolute Gasteiger partial charge is 0.489 e. The Morgan fingerprint density at radius 1 is 1.05 bits per heavy atom. The van der Waals surface area contributed by atoms with Crippen LogP contribution in [0.3, 0.4) is 0 Å². The predicted molar refractivity (Wildman–Crippen MR) is 76.8 cm³/mol. The van der Waals surface area contributed by atoms with Crippen molar-refractivity contribution in [3.63, 3.8) is 0 Å². The standard InChI is InChI=1S/C16H15ClO2/c1-2-12-7-4-6-10-15(12)19-11-13-8-3-5-9-14(13)16(17)18/h3-10H,2,11H2,1H3. The van der Waals surface area contributed by atoms with Crippen molar-refractivity contribution in [1.29, 1.82) is 0 Å². The molecule has 2 rings (SSSR count). The Kier molecular flexibility index (Phi) is 4.58. The van der Waals surface area contributed by atoms with Crippen LogP contribution in [0, 0.1) is 0 Å². The van der Waals surface area contributed by atoms with E-state index in [0.29, 0.717) is 12.2 Å². The van der Waals surface area contributed by atoms with Crippen LogP contribution in [-0.2, 0) is 13.0 Å². The highest BCUT2D eigenvalue weighted by Gasteiger charge is 2.09. The summed E-state index contributed by atoms with van der Waals surface area (Å²) in [4.78, 5) is 11.3. The quantitative estimate of drug-likeness (QED) is 0.764. The number of carbonyl (C=O) groups excluding carboxylic acids is 1. The number of ether oxygens (including phenoxy) is 1. The van der Waals surface area contributed by atoms with E-state index in [0.717, 1.165) is 23.3 Å². The molecular weight excluding hydrogens is 260 g/mol. The van der Waals surface area contributed by atoms with Crippen LogP contribution in [0.2, 0.25) is 0 Å². The Bertz CT molecular complexity index is 578. The lowest BCUT2D eigenvalue weighted by Gasteiger charge is -2.11. The van der Waals surface area contributed by atoms with Crippen molar-refractivity contribution < 1.29 is 9.53 Å². The molecule has 0 saturated carbocycles. The number of rotatable bonds is 5. The lowest BCUT2D eigenvalue weighted by Crippen LogP contribution is -2.03. The highest BCUT2D eigenvalue weighted by atomic mass is 35.5. The van der Waals surface area contributed by atoms with Crippen molar-refractivity contribution >= 4 is 16.8 Å². The van der Waals surface area contributed by atoms with Crippen LogP contribution in [0.1, 0.15) is 28.4 Å². The molecule has 3 heteroatoms. The van der Waals surface area contributed by atoms with Gasteiger partial charge in [-0.25, -0.2) is 0 Å². The first kappa shape index (κ1) is 13.6. The second-order valence-electron chi connectivity index (χ2n) is 4.18. The number of para-hydroxylation sites is 1. The zero-order valence-corrected chi connectivity index (χ0v) is 11.5. The molecule has 0 radical (unpaired) electrons. The van der Waals surface area contributed by atoms with E-state index in [-0.39, 0.29) is 0 Å². The molecule has 0 atom stereocenters. The second kappa shape index (κ2) is 6.39. The van der Waals surface area contributed by atoms with Crippen molar-refractivity contribution in [2.24, 2.45) is 0 Å². The molecule has 2 aromatic carbocycles. The number of halogens is 1. The monoisotopic (exact) mass is 274 g/mol. The van der Waals surface area contributed by atoms with Gasteiger partial charge in [0.25, 0.3) is 5.24 Å². The zero-order chi connectivity index (χ0) is 13.7. The summed E-state index contributed by atoms with van der Waals surface area (Å²) in [6.07, 6.45) is 0.909. The minimum Gasteiger partial charge on any atom is -0.489 e. The molecule has 0 aliphatic rings. The Hall–Kier alpha value is -1.80. The first-order valence-electron chi connectivity index (χ1n) is 6.20. The summed E-state index contributed by atoms with van der Waals surface area (Å²) in [5, 5.41) is -0.456. The smallest absolute Gasteiger partial charge is 0.252 e. The highest BCUT2D eigenvalue weighted by Crippen LogP contribution is 2.21. The lowest BCUT2D eigenvalue weighted by molar-refractivity contribution is 0.107. The van der Waals surface area contributed by atoms with E-state index in [4.69, 9.17) is 16.3 Å². The van der Waals surface area contributed by atoms with Gasteiger partial charge in [0, 0.05) is 11.1 Å². The van der Waals surface area contributed by atoms with Crippen LogP contribution in [0.4, 0.5) is 0 Å². The minimum absolute atomic E-state index is 0.339. The van der Waals surface area contributed by atoms with E-state index in [1.165, 1.54) is 0 Å². The average molecular weight is 275 g/mol. The Morgan fingerprint density at radius 3 is 2.37 bits per heavy atom. The Morgan fingerprint density at radius 2 is 1.68 bits per heavy atom. The molecule has 0 saturated heterocycles. The number of hydrogen-bond donors (Lipinski definition) is 0. The topological polar surface area (TPSA) is 26.3 Å². The van der Waals surface area contributed by atoms with Crippen molar-refractivity contribution in [1.82, 2.24) is 0 Å². The summed E-state index contributed by atoms with van der Waals surface area (Å²) in [6, 6.07) is 15.1. The maximum Gasteiger partial charge on any atom is 0.252 e. The molecule has 0 aliphatic carbocycles. The highest BCUT2D eigenvalue weighted by molar-refractivity contribution is 6.67. The van der Waals surface area contributed by atoms with Gasteiger partial charge in [-0.2, -0.15) is 0 Å². The summed E-state index contributed by atoms with van der Waals surface area (Å²) in [6.45, 7) is 2.42. The third kappa shape index (κ3) is 3.36. The predicted octanol–water partition coefficient (Wildman–Crippen LogP) is 4.21. The molecule has 0 bridgehead atoms. The summed E-state index contributed by atoms with van der Waals surface area (Å²) in [5.74, 6) is 0.849. The number of benzene rings is 2. The fourth-order valence-corrected chi connectivity index (χ4v) is 2.11. The molecule has 98 valence electrons. The van der Waals surface area contributed by atoms with E-state index < -0.39 is 5.24 Å². The summed E-state index contributed by atoms with van der Waals surface area (Å²) in [5.41, 5.74) is 2.45. The third-order valence-corrected chi connectivity index (χ3v) is 3.17. The van der Waals surface area contributed by atoms with Crippen molar-refractivity contribution in [3.8, 4) is 5.75 Å². The molecule has 2 aromatic rings. The molecule has 0 N–H and O–H groups in total. The van der Waals surface area contributed by atoms with E-state index >= 15 is 0 Å². The van der Waals surface area contributed by atoms with E-state index in [1.54, 1.807) is 12.1 Å². The molecule has 0 fully saturated rings. The van der Waals surface area contributed by atoms with Crippen LogP contribution in [-0.4, -0.2) is 5.24 Å². The first-order chi connectivity index (χ1) is 9.22. The van der Waals surface area contributed by atoms with Gasteiger partial charge >= 0.3 is 0 Å². The van der Waals surface area contributed by atoms with Gasteiger partial charge in [0.1, 0.15) is 12.4 Å². The van der Waals surface area contributed by atoms with Gasteiger partial charge in [0.15, 0.2) is 0 Å². The van der Waals surface area contributed by atoms with Gasteiger partial charge in [-0.05, 0) is 35.7 Å². The molecule has 0 aliphatic heterocycles. The van der Waals surface area contributed by atoms with Crippen molar-refractivity contribution in [3.05, 3.63) is 65.2 Å². The fraction of sp³-hybridized carbons (Fsp3) is 0.188. The third-order valence-electron chi connectivity index (χ3n) is 2.97. The normalized spacial score (nSPS) is 10.2. The average Bonchev–Trinajstić information content (AvgIpc) is 2.45. The van der Waals surface area contributed by atoms with Gasteiger partial charge in [0.2, 0.25) is 0 Å². The van der Waals surface area contributed by atoms with Crippen molar-refractivity contribution in [2.75, 3.05) is 0 Å². The molecule has 0 amide bonds. The lowest BCUT2D eigenvalue weighted by atomic mass is 10.1. The maximum atomic E-state index is 11.3. The molecule has 0 spiro atoms. The van der Waals surface area contributed by atoms with Crippen molar-refractivity contribution in [2.45, 2.75) is 20.0 Å². The Labute approximate surface area is 118 Å². The summed E-state index contributed by atoms with van der Waals surface area (Å²) < 4.78 is 5.79. The van der Waals surface area contributed by atoms with E-state index in [2.05, 4.69) is 6.92 Å². The molecule has 0 aromatic heterocycles. The van der Waals surface area contributed by atoms with Gasteiger partial charge < -0.3 is 4.74 Å². The summed E-state index contributed by atoms with van der Waals surface area (Å²) >= 11 is 5.55. The van der Waals surface area contributed by atoms with Crippen LogP contribution in [0.5, 0.6) is 5.75 Å². The summed E-state index contributed by atoms with van der Waals surface area (Å²) in [7, 11) is 0. The number of carbonyl (C=O) groups is 1. The number of aryl methyl sites for hydroxylation is 1. The van der Waals surface area contributed by atoms with Gasteiger partial charge in [0.05, 0.1) is 0 Å². The molecule has 0 heterocycles. The molecular formula is C16H15ClO2. The SMILES string of the molecule is CCc1ccccc1OCc1ccccc1C(=O)Cl. The molecule has 19 heavy (non-hydrogen) atoms. The number of hydrogen-bond acceptors (Lipinski definition) is 2. The van der Waals surface area contributed by atoms with Crippen LogP contribution < -0.4 is 4.74 Å². The van der Waals surface area contributed by atoms with Crippen LogP contribution in [0.25, 0.3) is 0 Å². The van der Waals surface area contributed by atoms with Gasteiger partial charge in [-0.1, -0.05) is 43.3 Å². The molecule has 0 unspecified atom stereocenters. The van der Waals surface area contributed by atoms with E-state index in [1.807, 2.05) is 36.4 Å². The van der Waals surface area contributed by atoms with Crippen LogP contribution >= 0.6 is 11.6 Å². The second-order valence-corrected chi connectivity index (χ2v) is 4.52. The van der Waals surface area contributed by atoms with Gasteiger partial charge in [-0.15, -0.1) is 0 Å². The van der Waals surface area contributed by atoms with E-state index in [9.17, 15) is 4.79 Å². The van der Waals surface area contributed by atoms with Gasteiger partial charge in [-0.3, -0.25) is 4.79 Å². The zero-order valence-electron chi connectivity index (χ0n) is 10.7. The first-order valence-corrected chi connectivity index (χ1v) is 6.58. The molecule has 2 nitrogen and oxygen atoms in total. The fourth-order valence-electron chi connectivity index (χ4n) is 1.93. The Balaban J connectivity index is 2.17. The minimum atomic E-state index is -0.456.